The molecule has 0 aliphatic carbocycles. The first-order chi connectivity index (χ1) is 8.36. The van der Waals surface area contributed by atoms with Crippen LogP contribution in [0.2, 0.25) is 0 Å². The van der Waals surface area contributed by atoms with E-state index in [1.54, 1.807) is 0 Å². The summed E-state index contributed by atoms with van der Waals surface area (Å²) in [6.45, 7) is 10.4. The molecule has 98 valence electrons. The Morgan fingerprint density at radius 2 is 1.41 bits per heavy atom. The van der Waals surface area contributed by atoms with Gasteiger partial charge >= 0.3 is 0 Å². The van der Waals surface area contributed by atoms with E-state index in [0.717, 1.165) is 4.83 Å². The molecular formula is C15H26BrN. The molecular weight excluding hydrogens is 274 g/mol. The number of hydrogen-bond acceptors (Lipinski definition) is 1. The van der Waals surface area contributed by atoms with E-state index < -0.39 is 0 Å². The third-order valence-electron chi connectivity index (χ3n) is 2.55. The van der Waals surface area contributed by atoms with Crippen molar-refractivity contribution in [2.24, 2.45) is 0 Å². The first-order valence-electron chi connectivity index (χ1n) is 6.80. The predicted octanol–water partition coefficient (Wildman–Crippen LogP) is 5.10. The van der Waals surface area contributed by atoms with Crippen molar-refractivity contribution in [1.29, 1.82) is 0 Å². The average Bonchev–Trinajstić information content (AvgIpc) is 2.45. The van der Waals surface area contributed by atoms with Gasteiger partial charge in [0.1, 0.15) is 0 Å². The lowest BCUT2D eigenvalue weighted by atomic mass is 10.1. The number of nitrogens with zero attached hydrogens (tertiary/aromatic N) is 1. The molecule has 1 nitrogen and oxygen atoms in total. The fourth-order valence-electron chi connectivity index (χ4n) is 1.74. The number of rotatable bonds is 1. The number of halogens is 1. The minimum atomic E-state index is 0.729. The Morgan fingerprint density at radius 3 is 1.88 bits per heavy atom. The van der Waals surface area contributed by atoms with Gasteiger partial charge in [-0.25, -0.2) is 0 Å². The lowest BCUT2D eigenvalue weighted by molar-refractivity contribution is 0.597. The van der Waals surface area contributed by atoms with Gasteiger partial charge in [-0.15, -0.1) is 0 Å². The van der Waals surface area contributed by atoms with E-state index in [4.69, 9.17) is 0 Å². The van der Waals surface area contributed by atoms with Crippen LogP contribution >= 0.6 is 15.9 Å². The number of benzene rings is 1. The largest absolute Gasteiger partial charge is 0.371 e. The highest BCUT2D eigenvalue weighted by Gasteiger charge is 2.16. The standard InChI is InChI=1S/C11H14BrN.2C2H6/c12-10-6-8-13(9-7-10)11-4-2-1-3-5-11;2*1-2/h1-5,10H,6-9H2;2*1-2H3. The molecule has 1 aliphatic heterocycles. The Kier molecular flexibility index (Phi) is 10.3. The second kappa shape index (κ2) is 10.6. The molecule has 0 aromatic heterocycles. The third-order valence-corrected chi connectivity index (χ3v) is 3.46. The van der Waals surface area contributed by atoms with Crippen molar-refractivity contribution in [3.63, 3.8) is 0 Å². The Morgan fingerprint density at radius 1 is 0.941 bits per heavy atom. The highest BCUT2D eigenvalue weighted by Crippen LogP contribution is 2.22. The van der Waals surface area contributed by atoms with Gasteiger partial charge in [-0.05, 0) is 25.0 Å². The van der Waals surface area contributed by atoms with E-state index in [1.165, 1.54) is 31.6 Å². The first kappa shape index (κ1) is 16.5. The Balaban J connectivity index is 0.000000581. The van der Waals surface area contributed by atoms with E-state index in [1.807, 2.05) is 27.7 Å². The maximum Gasteiger partial charge on any atom is 0.0366 e. The van der Waals surface area contributed by atoms with Gasteiger partial charge in [-0.3, -0.25) is 0 Å². The topological polar surface area (TPSA) is 3.24 Å². The van der Waals surface area contributed by atoms with Crippen molar-refractivity contribution in [3.8, 4) is 0 Å². The normalized spacial score (nSPS) is 15.2. The smallest absolute Gasteiger partial charge is 0.0366 e. The van der Waals surface area contributed by atoms with Gasteiger partial charge in [0.15, 0.2) is 0 Å². The van der Waals surface area contributed by atoms with E-state index in [-0.39, 0.29) is 0 Å². The van der Waals surface area contributed by atoms with Crippen molar-refractivity contribution < 1.29 is 0 Å². The first-order valence-corrected chi connectivity index (χ1v) is 7.72. The van der Waals surface area contributed by atoms with E-state index in [0.29, 0.717) is 0 Å². The van der Waals surface area contributed by atoms with E-state index in [2.05, 4.69) is 51.2 Å². The van der Waals surface area contributed by atoms with Gasteiger partial charge in [0.05, 0.1) is 0 Å². The fourth-order valence-corrected chi connectivity index (χ4v) is 2.15. The van der Waals surface area contributed by atoms with Crippen LogP contribution in [-0.2, 0) is 0 Å². The molecule has 1 heterocycles. The summed E-state index contributed by atoms with van der Waals surface area (Å²) in [7, 11) is 0. The second-order valence-corrected chi connectivity index (χ2v) is 4.79. The van der Waals surface area contributed by atoms with Crippen LogP contribution in [0.3, 0.4) is 0 Å². The van der Waals surface area contributed by atoms with Crippen molar-refractivity contribution in [2.45, 2.75) is 45.4 Å². The van der Waals surface area contributed by atoms with Crippen molar-refractivity contribution in [1.82, 2.24) is 0 Å². The van der Waals surface area contributed by atoms with Crippen LogP contribution in [0, 0.1) is 0 Å². The number of alkyl halides is 1. The van der Waals surface area contributed by atoms with Crippen molar-refractivity contribution in [2.75, 3.05) is 18.0 Å². The molecule has 1 saturated heterocycles. The highest BCUT2D eigenvalue weighted by atomic mass is 79.9. The molecule has 17 heavy (non-hydrogen) atoms. The van der Waals surface area contributed by atoms with Crippen LogP contribution in [0.25, 0.3) is 0 Å². The Labute approximate surface area is 115 Å². The SMILES string of the molecule is BrC1CCN(c2ccccc2)CC1.CC.CC. The monoisotopic (exact) mass is 299 g/mol. The number of piperidine rings is 1. The molecule has 2 rings (SSSR count). The molecule has 0 N–H and O–H groups in total. The Hall–Kier alpha value is -0.500. The van der Waals surface area contributed by atoms with Gasteiger partial charge in [0.25, 0.3) is 0 Å². The predicted molar refractivity (Wildman–Crippen MR) is 83.3 cm³/mol. The van der Waals surface area contributed by atoms with Crippen LogP contribution in [0.4, 0.5) is 5.69 Å². The van der Waals surface area contributed by atoms with Gasteiger partial charge in [-0.2, -0.15) is 0 Å². The molecule has 0 bridgehead atoms. The maximum atomic E-state index is 3.66. The summed E-state index contributed by atoms with van der Waals surface area (Å²) in [5, 5.41) is 0. The molecule has 0 spiro atoms. The summed E-state index contributed by atoms with van der Waals surface area (Å²) < 4.78 is 0. The molecule has 1 aromatic rings. The zero-order valence-corrected chi connectivity index (χ0v) is 13.2. The summed E-state index contributed by atoms with van der Waals surface area (Å²) in [5.74, 6) is 0. The molecule has 1 aliphatic rings. The van der Waals surface area contributed by atoms with Crippen LogP contribution in [-0.4, -0.2) is 17.9 Å². The maximum absolute atomic E-state index is 3.66. The number of hydrogen-bond donors (Lipinski definition) is 0. The Bertz CT molecular complexity index is 253. The molecule has 2 heteroatoms. The van der Waals surface area contributed by atoms with E-state index in [9.17, 15) is 0 Å². The summed E-state index contributed by atoms with van der Waals surface area (Å²) in [6, 6.07) is 10.7. The van der Waals surface area contributed by atoms with Gasteiger partial charge in [0, 0.05) is 23.6 Å². The molecule has 1 aromatic carbocycles. The van der Waals surface area contributed by atoms with Crippen LogP contribution < -0.4 is 4.90 Å². The number of anilines is 1. The third kappa shape index (κ3) is 6.11. The quantitative estimate of drug-likeness (QED) is 0.652. The average molecular weight is 300 g/mol. The summed E-state index contributed by atoms with van der Waals surface area (Å²) >= 11 is 3.66. The molecule has 0 radical (unpaired) electrons. The van der Waals surface area contributed by atoms with Gasteiger partial charge in [-0.1, -0.05) is 61.8 Å². The molecule has 0 atom stereocenters. The number of para-hydroxylation sites is 1. The van der Waals surface area contributed by atoms with Gasteiger partial charge in [0.2, 0.25) is 0 Å². The molecule has 1 fully saturated rings. The van der Waals surface area contributed by atoms with Crippen LogP contribution in [0.5, 0.6) is 0 Å². The minimum Gasteiger partial charge on any atom is -0.371 e. The summed E-state index contributed by atoms with van der Waals surface area (Å²) in [4.78, 5) is 3.19. The fraction of sp³-hybridized carbons (Fsp3) is 0.600. The minimum absolute atomic E-state index is 0.729. The molecule has 0 saturated carbocycles. The zero-order valence-electron chi connectivity index (χ0n) is 11.6. The highest BCUT2D eigenvalue weighted by molar-refractivity contribution is 9.09. The zero-order chi connectivity index (χ0) is 13.1. The van der Waals surface area contributed by atoms with Crippen molar-refractivity contribution in [3.05, 3.63) is 30.3 Å². The molecule has 0 unspecified atom stereocenters. The lowest BCUT2D eigenvalue weighted by Gasteiger charge is -2.31. The van der Waals surface area contributed by atoms with Crippen LogP contribution in [0.15, 0.2) is 30.3 Å². The second-order valence-electron chi connectivity index (χ2n) is 3.50. The van der Waals surface area contributed by atoms with Crippen molar-refractivity contribution >= 4 is 21.6 Å². The molecule has 0 amide bonds. The lowest BCUT2D eigenvalue weighted by Crippen LogP contribution is -2.33. The van der Waals surface area contributed by atoms with Gasteiger partial charge < -0.3 is 4.90 Å². The van der Waals surface area contributed by atoms with E-state index >= 15 is 0 Å². The van der Waals surface area contributed by atoms with Crippen LogP contribution in [0.1, 0.15) is 40.5 Å². The summed E-state index contributed by atoms with van der Waals surface area (Å²) in [5.41, 5.74) is 1.36. The summed E-state index contributed by atoms with van der Waals surface area (Å²) in [6.07, 6.45) is 2.52.